The van der Waals surface area contributed by atoms with Gasteiger partial charge in [0, 0.05) is 16.9 Å². The highest BCUT2D eigenvalue weighted by Crippen LogP contribution is 2.15. The minimum Gasteiger partial charge on any atom is -0.322 e. The average Bonchev–Trinajstić information content (AvgIpc) is 2.39. The van der Waals surface area contributed by atoms with Crippen molar-refractivity contribution in [3.63, 3.8) is 0 Å². The van der Waals surface area contributed by atoms with Crippen LogP contribution in [-0.4, -0.2) is 20.6 Å². The fourth-order valence-electron chi connectivity index (χ4n) is 1.83. The molecule has 0 aliphatic carbocycles. The lowest BCUT2D eigenvalue weighted by molar-refractivity contribution is 0.102. The van der Waals surface area contributed by atoms with E-state index < -0.39 is 10.0 Å². The summed E-state index contributed by atoms with van der Waals surface area (Å²) in [6, 6.07) is 13.7. The van der Waals surface area contributed by atoms with Crippen LogP contribution in [0.4, 0.5) is 11.4 Å². The molecule has 0 radical (unpaired) electrons. The molecular weight excluding hydrogens is 288 g/mol. The van der Waals surface area contributed by atoms with Crippen LogP contribution < -0.4 is 10.0 Å². The molecule has 110 valence electrons. The monoisotopic (exact) mass is 304 g/mol. The number of aryl methyl sites for hydroxylation is 1. The minimum absolute atomic E-state index is 0.206. The third-order valence-corrected chi connectivity index (χ3v) is 3.33. The molecule has 0 saturated carbocycles. The van der Waals surface area contributed by atoms with Gasteiger partial charge < -0.3 is 5.32 Å². The van der Waals surface area contributed by atoms with Crippen LogP contribution in [0.1, 0.15) is 15.9 Å². The molecular formula is C15H16N2O3S. The molecule has 0 fully saturated rings. The fourth-order valence-corrected chi connectivity index (χ4v) is 2.39. The molecule has 0 heterocycles. The summed E-state index contributed by atoms with van der Waals surface area (Å²) in [4.78, 5) is 12.1. The second kappa shape index (κ2) is 5.97. The van der Waals surface area contributed by atoms with Crippen LogP contribution >= 0.6 is 0 Å². The Hall–Kier alpha value is -2.34. The van der Waals surface area contributed by atoms with E-state index in [1.165, 1.54) is 0 Å². The van der Waals surface area contributed by atoms with Crippen molar-refractivity contribution in [3.8, 4) is 0 Å². The van der Waals surface area contributed by atoms with E-state index in [0.717, 1.165) is 11.8 Å². The normalized spacial score (nSPS) is 11.0. The van der Waals surface area contributed by atoms with Gasteiger partial charge in [-0.05, 0) is 43.3 Å². The number of carbonyl (C=O) groups is 1. The zero-order valence-electron chi connectivity index (χ0n) is 11.8. The number of amides is 1. The molecule has 0 spiro atoms. The molecule has 0 aliphatic heterocycles. The largest absolute Gasteiger partial charge is 0.322 e. The molecule has 2 N–H and O–H groups in total. The third-order valence-electron chi connectivity index (χ3n) is 2.73. The number of hydrogen-bond donors (Lipinski definition) is 2. The fraction of sp³-hybridized carbons (Fsp3) is 0.133. The Morgan fingerprint density at radius 2 is 1.62 bits per heavy atom. The molecule has 21 heavy (non-hydrogen) atoms. The maximum absolute atomic E-state index is 12.1. The summed E-state index contributed by atoms with van der Waals surface area (Å²) >= 11 is 0. The molecule has 2 aromatic rings. The Bertz CT molecular complexity index is 753. The first-order valence-electron chi connectivity index (χ1n) is 6.29. The van der Waals surface area contributed by atoms with Crippen LogP contribution in [0.25, 0.3) is 0 Å². The molecule has 0 bridgehead atoms. The highest BCUT2D eigenvalue weighted by Gasteiger charge is 2.06. The second-order valence-corrected chi connectivity index (χ2v) is 6.52. The summed E-state index contributed by atoms with van der Waals surface area (Å²) in [6.45, 7) is 1.92. The first-order chi connectivity index (χ1) is 9.83. The van der Waals surface area contributed by atoms with E-state index in [1.54, 1.807) is 36.4 Å². The summed E-state index contributed by atoms with van der Waals surface area (Å²) in [5.41, 5.74) is 2.63. The van der Waals surface area contributed by atoms with Crippen molar-refractivity contribution in [2.24, 2.45) is 0 Å². The standard InChI is InChI=1S/C15H16N2O3S/c1-11-4-3-5-12(10-11)15(18)16-13-6-8-14(9-7-13)17-21(2,19)20/h3-10,17H,1-2H3,(H,16,18). The van der Waals surface area contributed by atoms with Crippen LogP contribution in [0.3, 0.4) is 0 Å². The highest BCUT2D eigenvalue weighted by molar-refractivity contribution is 7.92. The number of anilines is 2. The van der Waals surface area contributed by atoms with Gasteiger partial charge in [0.1, 0.15) is 0 Å². The Morgan fingerprint density at radius 1 is 1.00 bits per heavy atom. The van der Waals surface area contributed by atoms with Crippen LogP contribution in [0.5, 0.6) is 0 Å². The molecule has 0 saturated heterocycles. The van der Waals surface area contributed by atoms with Crippen LogP contribution in [0, 0.1) is 6.92 Å². The van der Waals surface area contributed by atoms with E-state index in [0.29, 0.717) is 16.9 Å². The maximum atomic E-state index is 12.1. The van der Waals surface area contributed by atoms with Gasteiger partial charge >= 0.3 is 0 Å². The van der Waals surface area contributed by atoms with Gasteiger partial charge in [-0.15, -0.1) is 0 Å². The summed E-state index contributed by atoms with van der Waals surface area (Å²) in [6.07, 6.45) is 1.08. The van der Waals surface area contributed by atoms with E-state index in [4.69, 9.17) is 0 Å². The first kappa shape index (κ1) is 15.1. The molecule has 0 aliphatic rings. The van der Waals surface area contributed by atoms with Gasteiger partial charge in [0.05, 0.1) is 6.26 Å². The van der Waals surface area contributed by atoms with E-state index in [9.17, 15) is 13.2 Å². The summed E-state index contributed by atoms with van der Waals surface area (Å²) in [5, 5.41) is 2.76. The molecule has 0 aromatic heterocycles. The summed E-state index contributed by atoms with van der Waals surface area (Å²) in [7, 11) is -3.30. The van der Waals surface area contributed by atoms with Crippen molar-refractivity contribution in [3.05, 3.63) is 59.7 Å². The number of benzene rings is 2. The number of nitrogens with one attached hydrogen (secondary N) is 2. The van der Waals surface area contributed by atoms with Gasteiger partial charge in [0.15, 0.2) is 0 Å². The lowest BCUT2D eigenvalue weighted by Crippen LogP contribution is -2.12. The van der Waals surface area contributed by atoms with Crippen molar-refractivity contribution in [2.45, 2.75) is 6.92 Å². The number of hydrogen-bond acceptors (Lipinski definition) is 3. The quantitative estimate of drug-likeness (QED) is 0.911. The maximum Gasteiger partial charge on any atom is 0.255 e. The molecule has 2 aromatic carbocycles. The lowest BCUT2D eigenvalue weighted by atomic mass is 10.1. The van der Waals surface area contributed by atoms with E-state index in [1.807, 2.05) is 19.1 Å². The summed E-state index contributed by atoms with van der Waals surface area (Å²) in [5.74, 6) is -0.206. The van der Waals surface area contributed by atoms with E-state index in [-0.39, 0.29) is 5.91 Å². The zero-order valence-corrected chi connectivity index (χ0v) is 12.6. The van der Waals surface area contributed by atoms with E-state index in [2.05, 4.69) is 10.0 Å². The average molecular weight is 304 g/mol. The van der Waals surface area contributed by atoms with Gasteiger partial charge in [-0.3, -0.25) is 9.52 Å². The third kappa shape index (κ3) is 4.61. The van der Waals surface area contributed by atoms with Crippen LogP contribution in [-0.2, 0) is 10.0 Å². The molecule has 2 rings (SSSR count). The predicted octanol–water partition coefficient (Wildman–Crippen LogP) is 2.62. The highest BCUT2D eigenvalue weighted by atomic mass is 32.2. The SMILES string of the molecule is Cc1cccc(C(=O)Nc2ccc(NS(C)(=O)=O)cc2)c1. The Balaban J connectivity index is 2.08. The Labute approximate surface area is 124 Å². The zero-order chi connectivity index (χ0) is 15.5. The minimum atomic E-state index is -3.30. The van der Waals surface area contributed by atoms with Crippen molar-refractivity contribution < 1.29 is 13.2 Å². The van der Waals surface area contributed by atoms with Crippen LogP contribution in [0.2, 0.25) is 0 Å². The topological polar surface area (TPSA) is 75.3 Å². The Kier molecular flexibility index (Phi) is 4.28. The predicted molar refractivity (Wildman–Crippen MR) is 84.0 cm³/mol. The van der Waals surface area contributed by atoms with Crippen LogP contribution in [0.15, 0.2) is 48.5 Å². The van der Waals surface area contributed by atoms with Gasteiger partial charge in [-0.1, -0.05) is 17.7 Å². The van der Waals surface area contributed by atoms with Gasteiger partial charge in [0.25, 0.3) is 5.91 Å². The number of carbonyl (C=O) groups excluding carboxylic acids is 1. The summed E-state index contributed by atoms with van der Waals surface area (Å²) < 4.78 is 24.6. The van der Waals surface area contributed by atoms with Crippen molar-refractivity contribution in [1.82, 2.24) is 0 Å². The first-order valence-corrected chi connectivity index (χ1v) is 8.18. The Morgan fingerprint density at radius 3 is 2.19 bits per heavy atom. The van der Waals surface area contributed by atoms with E-state index >= 15 is 0 Å². The molecule has 0 atom stereocenters. The van der Waals surface area contributed by atoms with Gasteiger partial charge in [0.2, 0.25) is 10.0 Å². The molecule has 6 heteroatoms. The van der Waals surface area contributed by atoms with Gasteiger partial charge in [-0.2, -0.15) is 0 Å². The smallest absolute Gasteiger partial charge is 0.255 e. The number of rotatable bonds is 4. The number of sulfonamides is 1. The van der Waals surface area contributed by atoms with Crippen molar-refractivity contribution in [2.75, 3.05) is 16.3 Å². The lowest BCUT2D eigenvalue weighted by Gasteiger charge is -2.08. The molecule has 0 unspecified atom stereocenters. The van der Waals surface area contributed by atoms with Crippen molar-refractivity contribution >= 4 is 27.3 Å². The van der Waals surface area contributed by atoms with Gasteiger partial charge in [-0.25, -0.2) is 8.42 Å². The van der Waals surface area contributed by atoms with Crippen molar-refractivity contribution in [1.29, 1.82) is 0 Å². The second-order valence-electron chi connectivity index (χ2n) is 4.78. The molecule has 5 nitrogen and oxygen atoms in total. The molecule has 1 amide bonds.